The van der Waals surface area contributed by atoms with Crippen LogP contribution in [0, 0.1) is 0 Å². The van der Waals surface area contributed by atoms with E-state index >= 15 is 0 Å². The van der Waals surface area contributed by atoms with Crippen molar-refractivity contribution in [2.24, 2.45) is 0 Å². The summed E-state index contributed by atoms with van der Waals surface area (Å²) in [5, 5.41) is 9.75. The molecule has 2 saturated heterocycles. The van der Waals surface area contributed by atoms with Gasteiger partial charge >= 0.3 is 11.9 Å². The van der Waals surface area contributed by atoms with Crippen LogP contribution < -0.4 is 5.90 Å². The number of carboxylic acid groups (broad SMARTS) is 1. The van der Waals surface area contributed by atoms with E-state index < -0.39 is 48.9 Å². The van der Waals surface area contributed by atoms with E-state index in [-0.39, 0.29) is 0 Å². The first kappa shape index (κ1) is 26.0. The van der Waals surface area contributed by atoms with Crippen LogP contribution in [0.1, 0.15) is 90.9 Å². The number of ether oxygens (including phenoxy) is 4. The maximum Gasteiger partial charge on any atom is 0.397 e. The number of aliphatic carboxylic acids is 1. The van der Waals surface area contributed by atoms with Gasteiger partial charge in [0.25, 0.3) is 0 Å². The molecule has 180 valence electrons. The Bertz CT molecular complexity index is 546. The number of carboxylic acids is 1. The van der Waals surface area contributed by atoms with E-state index in [4.69, 9.17) is 18.9 Å². The highest BCUT2D eigenvalue weighted by molar-refractivity contribution is 5.77. The van der Waals surface area contributed by atoms with E-state index in [2.05, 4.69) is 24.6 Å². The van der Waals surface area contributed by atoms with Crippen LogP contribution in [0.2, 0.25) is 0 Å². The van der Waals surface area contributed by atoms with Crippen LogP contribution in [0.3, 0.4) is 0 Å². The Labute approximate surface area is 184 Å². The van der Waals surface area contributed by atoms with Crippen LogP contribution >= 0.6 is 0 Å². The monoisotopic (exact) mass is 446 g/mol. The minimum Gasteiger partial charge on any atom is -0.479 e. The first-order valence-electron chi connectivity index (χ1n) is 11.8. The van der Waals surface area contributed by atoms with Gasteiger partial charge in [0.2, 0.25) is 0 Å². The van der Waals surface area contributed by atoms with Crippen molar-refractivity contribution >= 4 is 11.9 Å². The summed E-state index contributed by atoms with van der Waals surface area (Å²) in [6.45, 7) is 4.30. The van der Waals surface area contributed by atoms with Gasteiger partial charge in [-0.25, -0.2) is 9.59 Å². The summed E-state index contributed by atoms with van der Waals surface area (Å²) in [5.74, 6) is 1.37. The molecule has 4 N–H and O–H groups in total. The number of rotatable bonds is 14. The lowest BCUT2D eigenvalue weighted by atomic mass is 9.98. The van der Waals surface area contributed by atoms with Crippen molar-refractivity contribution in [1.29, 1.82) is 0 Å². The van der Waals surface area contributed by atoms with E-state index in [0.717, 1.165) is 64.2 Å². The Kier molecular flexibility index (Phi) is 11.7. The van der Waals surface area contributed by atoms with Crippen molar-refractivity contribution in [2.75, 3.05) is 0 Å². The van der Waals surface area contributed by atoms with Gasteiger partial charge in [-0.2, -0.15) is 5.90 Å². The van der Waals surface area contributed by atoms with Crippen LogP contribution in [-0.2, 0) is 33.4 Å². The summed E-state index contributed by atoms with van der Waals surface area (Å²) in [6, 6.07) is 0. The second-order valence-electron chi connectivity index (χ2n) is 8.38. The number of carbonyl (C=O) groups excluding carboxylic acids is 1. The van der Waals surface area contributed by atoms with Gasteiger partial charge in [0.1, 0.15) is 12.2 Å². The lowest BCUT2D eigenvalue weighted by Crippen LogP contribution is -2.66. The fourth-order valence-corrected chi connectivity index (χ4v) is 4.11. The van der Waals surface area contributed by atoms with Crippen molar-refractivity contribution in [2.45, 2.75) is 128 Å². The molecule has 0 bridgehead atoms. The third kappa shape index (κ3) is 7.98. The molecule has 0 aromatic rings. The normalized spacial score (nSPS) is 30.5. The standard InChI is InChI=1S/C22H39NO8/c1-3-5-7-9-11-13-15-28-18-17(19(29-15)21(24)25)27-16(14-12-10-8-6-4-2)30-20(18)22(26)31-23/h15-20H,3-14H2,1-2,23H3/p+1/t15?,16?,17-,18+,19+,20-/m0/s1. The Morgan fingerprint density at radius 3 is 1.65 bits per heavy atom. The summed E-state index contributed by atoms with van der Waals surface area (Å²) >= 11 is 0. The molecule has 0 amide bonds. The lowest BCUT2D eigenvalue weighted by Gasteiger charge is -2.46. The Morgan fingerprint density at radius 2 is 1.19 bits per heavy atom. The molecule has 9 nitrogen and oxygen atoms in total. The maximum absolute atomic E-state index is 12.4. The van der Waals surface area contributed by atoms with Gasteiger partial charge in [0, 0.05) is 0 Å². The number of unbranched alkanes of at least 4 members (excludes halogenated alkanes) is 8. The number of carbonyl (C=O) groups is 2. The van der Waals surface area contributed by atoms with Crippen LogP contribution in [0.4, 0.5) is 0 Å². The SMILES string of the molecule is CCCCCCCC1O[C@H]2[C@@H](OC(CCCCCCC)O[C@H]2C(=O)O)[C@@H](C(=O)O[NH3+])O1. The maximum atomic E-state index is 12.4. The predicted octanol–water partition coefficient (Wildman–Crippen LogP) is 2.71. The van der Waals surface area contributed by atoms with Crippen molar-refractivity contribution in [3.8, 4) is 0 Å². The summed E-state index contributed by atoms with van der Waals surface area (Å²) in [5.41, 5.74) is 0. The quantitative estimate of drug-likeness (QED) is 0.308. The summed E-state index contributed by atoms with van der Waals surface area (Å²) in [4.78, 5) is 29.0. The van der Waals surface area contributed by atoms with E-state index in [1.807, 2.05) is 0 Å². The molecule has 0 aromatic heterocycles. The first-order valence-corrected chi connectivity index (χ1v) is 11.8. The van der Waals surface area contributed by atoms with Crippen molar-refractivity contribution in [3.05, 3.63) is 0 Å². The predicted molar refractivity (Wildman–Crippen MR) is 110 cm³/mol. The molecule has 0 aliphatic carbocycles. The number of hydrogen-bond donors (Lipinski definition) is 2. The molecule has 2 heterocycles. The van der Waals surface area contributed by atoms with Crippen molar-refractivity contribution < 1.29 is 44.4 Å². The van der Waals surface area contributed by atoms with Gasteiger partial charge in [-0.15, -0.1) is 0 Å². The first-order chi connectivity index (χ1) is 15.0. The Hall–Kier alpha value is -1.26. The molecule has 31 heavy (non-hydrogen) atoms. The van der Waals surface area contributed by atoms with Crippen LogP contribution in [0.15, 0.2) is 0 Å². The number of fused-ring (bicyclic) bond motifs is 1. The zero-order valence-corrected chi connectivity index (χ0v) is 19.0. The smallest absolute Gasteiger partial charge is 0.397 e. The number of hydrogen-bond acceptors (Lipinski definition) is 7. The van der Waals surface area contributed by atoms with Crippen molar-refractivity contribution in [1.82, 2.24) is 0 Å². The highest BCUT2D eigenvalue weighted by atomic mass is 16.8. The Balaban J connectivity index is 2.02. The lowest BCUT2D eigenvalue weighted by molar-refractivity contribution is -0.659. The van der Waals surface area contributed by atoms with Crippen LogP contribution in [0.5, 0.6) is 0 Å². The molecule has 9 heteroatoms. The van der Waals surface area contributed by atoms with Gasteiger partial charge < -0.3 is 24.1 Å². The van der Waals surface area contributed by atoms with Crippen LogP contribution in [0.25, 0.3) is 0 Å². The average molecular weight is 447 g/mol. The molecule has 0 saturated carbocycles. The van der Waals surface area contributed by atoms with Crippen LogP contribution in [-0.4, -0.2) is 54.0 Å². The second-order valence-corrected chi connectivity index (χ2v) is 8.38. The number of quaternary nitrogens is 1. The molecule has 6 atom stereocenters. The van der Waals surface area contributed by atoms with E-state index in [0.29, 0.717) is 12.8 Å². The largest absolute Gasteiger partial charge is 0.479 e. The van der Waals surface area contributed by atoms with Gasteiger partial charge in [-0.3, -0.25) is 4.84 Å². The van der Waals surface area contributed by atoms with Gasteiger partial charge in [0.05, 0.1) is 0 Å². The molecule has 2 unspecified atom stereocenters. The molecule has 0 radical (unpaired) electrons. The van der Waals surface area contributed by atoms with E-state index in [1.54, 1.807) is 0 Å². The fourth-order valence-electron chi connectivity index (χ4n) is 4.11. The topological polar surface area (TPSA) is 128 Å². The summed E-state index contributed by atoms with van der Waals surface area (Å²) in [6.07, 6.45) is 6.04. The zero-order chi connectivity index (χ0) is 22.6. The van der Waals surface area contributed by atoms with E-state index in [1.165, 1.54) is 0 Å². The molecular formula is C22H40NO8+. The minimum atomic E-state index is -1.23. The average Bonchev–Trinajstić information content (AvgIpc) is 2.77. The molecule has 2 fully saturated rings. The summed E-state index contributed by atoms with van der Waals surface area (Å²) in [7, 11) is 0. The van der Waals surface area contributed by atoms with Gasteiger partial charge in [-0.1, -0.05) is 65.2 Å². The van der Waals surface area contributed by atoms with Gasteiger partial charge in [-0.05, 0) is 25.7 Å². The van der Waals surface area contributed by atoms with Gasteiger partial charge in [0.15, 0.2) is 24.8 Å². The third-order valence-electron chi connectivity index (χ3n) is 5.84. The molecule has 2 rings (SSSR count). The molecule has 0 aromatic carbocycles. The molecule has 0 spiro atoms. The fraction of sp³-hybridized carbons (Fsp3) is 0.909. The van der Waals surface area contributed by atoms with Crippen molar-refractivity contribution in [3.63, 3.8) is 0 Å². The second kappa shape index (κ2) is 14.0. The summed E-state index contributed by atoms with van der Waals surface area (Å²) < 4.78 is 23.4. The van der Waals surface area contributed by atoms with E-state index in [9.17, 15) is 14.7 Å². The molecule has 2 aliphatic heterocycles. The highest BCUT2D eigenvalue weighted by Gasteiger charge is 2.54. The minimum absolute atomic E-state index is 0.545. The molecule has 2 aliphatic rings. The highest BCUT2D eigenvalue weighted by Crippen LogP contribution is 2.34. The Morgan fingerprint density at radius 1 is 0.742 bits per heavy atom. The zero-order valence-electron chi connectivity index (χ0n) is 19.0. The third-order valence-corrected chi connectivity index (χ3v) is 5.84. The molecular weight excluding hydrogens is 406 g/mol.